The van der Waals surface area contributed by atoms with Gasteiger partial charge in [0.15, 0.2) is 6.10 Å². The molecule has 146 valence electrons. The number of rotatable bonds is 4. The Balaban J connectivity index is 1.75. The lowest BCUT2D eigenvalue weighted by Gasteiger charge is -2.36. The summed E-state index contributed by atoms with van der Waals surface area (Å²) in [6.07, 6.45) is -2.08. The number of carbonyl (C=O) groups excluding carboxylic acids is 1. The number of carbonyl (C=O) groups is 1. The van der Waals surface area contributed by atoms with E-state index in [0.29, 0.717) is 0 Å². The number of benzene rings is 3. The zero-order chi connectivity index (χ0) is 20.0. The van der Waals surface area contributed by atoms with Gasteiger partial charge < -0.3 is 14.9 Å². The molecule has 3 aromatic carbocycles. The van der Waals surface area contributed by atoms with Crippen LogP contribution in [0.2, 0.25) is 0 Å². The highest BCUT2D eigenvalue weighted by Gasteiger charge is 2.52. The number of fused-ring (bicyclic) bond motifs is 3. The van der Waals surface area contributed by atoms with E-state index in [1.54, 1.807) is 0 Å². The van der Waals surface area contributed by atoms with Gasteiger partial charge in [-0.3, -0.25) is 10.1 Å². The molecule has 0 spiro atoms. The third kappa shape index (κ3) is 2.55. The Morgan fingerprint density at radius 3 is 1.97 bits per heavy atom. The summed E-state index contributed by atoms with van der Waals surface area (Å²) in [4.78, 5) is 12.6. The molecule has 5 nitrogen and oxygen atoms in total. The molecule has 29 heavy (non-hydrogen) atoms. The van der Waals surface area contributed by atoms with Crippen LogP contribution in [0.25, 0.3) is 11.1 Å². The number of hydrogen-bond donors (Lipinski definition) is 3. The van der Waals surface area contributed by atoms with Crippen molar-refractivity contribution in [3.05, 3.63) is 95.6 Å². The second-order valence-electron chi connectivity index (χ2n) is 7.48. The summed E-state index contributed by atoms with van der Waals surface area (Å²) in [5.41, 5.74) is 4.33. The SMILES string of the molecule is O=C1O[C@H](CO)[C@H](O)[C@@H]1NC1(c2ccccc2)c2ccccc2-c2ccccc21. The second kappa shape index (κ2) is 6.81. The van der Waals surface area contributed by atoms with Crippen molar-refractivity contribution in [2.75, 3.05) is 6.61 Å². The van der Waals surface area contributed by atoms with E-state index in [0.717, 1.165) is 27.8 Å². The molecule has 1 heterocycles. The van der Waals surface area contributed by atoms with E-state index < -0.39 is 36.4 Å². The summed E-state index contributed by atoms with van der Waals surface area (Å²) in [7, 11) is 0. The number of aliphatic hydroxyl groups is 2. The zero-order valence-electron chi connectivity index (χ0n) is 15.7. The van der Waals surface area contributed by atoms with E-state index in [-0.39, 0.29) is 0 Å². The molecule has 0 saturated carbocycles. The van der Waals surface area contributed by atoms with Crippen LogP contribution in [-0.4, -0.2) is 41.0 Å². The van der Waals surface area contributed by atoms with Crippen molar-refractivity contribution in [2.45, 2.75) is 23.8 Å². The minimum absolute atomic E-state index is 0.420. The van der Waals surface area contributed by atoms with E-state index in [9.17, 15) is 15.0 Å². The molecule has 0 bridgehead atoms. The van der Waals surface area contributed by atoms with E-state index in [4.69, 9.17) is 4.74 Å². The smallest absolute Gasteiger partial charge is 0.326 e. The second-order valence-corrected chi connectivity index (χ2v) is 7.48. The van der Waals surface area contributed by atoms with Crippen LogP contribution in [0.5, 0.6) is 0 Å². The Hall–Kier alpha value is -2.99. The van der Waals surface area contributed by atoms with Crippen LogP contribution in [0.1, 0.15) is 16.7 Å². The van der Waals surface area contributed by atoms with Gasteiger partial charge in [-0.25, -0.2) is 0 Å². The Morgan fingerprint density at radius 1 is 0.862 bits per heavy atom. The first-order valence-electron chi connectivity index (χ1n) is 9.69. The minimum atomic E-state index is -1.15. The first-order valence-corrected chi connectivity index (χ1v) is 9.69. The molecule has 1 aliphatic carbocycles. The highest BCUT2D eigenvalue weighted by Crippen LogP contribution is 2.51. The lowest BCUT2D eigenvalue weighted by atomic mass is 9.79. The van der Waals surface area contributed by atoms with Crippen LogP contribution in [0.15, 0.2) is 78.9 Å². The largest absolute Gasteiger partial charge is 0.456 e. The third-order valence-corrected chi connectivity index (χ3v) is 5.95. The molecule has 3 atom stereocenters. The van der Waals surface area contributed by atoms with Crippen LogP contribution < -0.4 is 5.32 Å². The molecule has 0 amide bonds. The van der Waals surface area contributed by atoms with Crippen molar-refractivity contribution in [3.8, 4) is 11.1 Å². The average Bonchev–Trinajstić information content (AvgIpc) is 3.22. The predicted molar refractivity (Wildman–Crippen MR) is 108 cm³/mol. The maximum absolute atomic E-state index is 12.6. The van der Waals surface area contributed by atoms with Gasteiger partial charge in [0.25, 0.3) is 0 Å². The third-order valence-electron chi connectivity index (χ3n) is 5.95. The predicted octanol–water partition coefficient (Wildman–Crippen LogP) is 2.20. The molecule has 0 unspecified atom stereocenters. The van der Waals surface area contributed by atoms with Crippen molar-refractivity contribution < 1.29 is 19.7 Å². The maximum atomic E-state index is 12.6. The summed E-state index contributed by atoms with van der Waals surface area (Å²) >= 11 is 0. The number of cyclic esters (lactones) is 1. The van der Waals surface area contributed by atoms with Gasteiger partial charge in [-0.15, -0.1) is 0 Å². The number of hydrogen-bond acceptors (Lipinski definition) is 5. The van der Waals surface area contributed by atoms with Gasteiger partial charge in [0.05, 0.1) is 12.1 Å². The highest BCUT2D eigenvalue weighted by molar-refractivity contribution is 5.85. The summed E-state index contributed by atoms with van der Waals surface area (Å²) in [5, 5.41) is 23.6. The van der Waals surface area contributed by atoms with Crippen molar-refractivity contribution in [1.29, 1.82) is 0 Å². The zero-order valence-corrected chi connectivity index (χ0v) is 15.7. The summed E-state index contributed by atoms with van der Waals surface area (Å²) < 4.78 is 5.20. The first-order chi connectivity index (χ1) is 14.2. The standard InChI is InChI=1S/C24H21NO4/c26-14-20-22(27)21(23(28)29-20)25-24(15-8-2-1-3-9-15)18-12-6-4-10-16(18)17-11-5-7-13-19(17)24/h1-13,20-22,25-27H,14H2/t20-,21+,22+/m1/s1. The highest BCUT2D eigenvalue weighted by atomic mass is 16.6. The average molecular weight is 387 g/mol. The van der Waals surface area contributed by atoms with Gasteiger partial charge in [0, 0.05) is 0 Å². The Morgan fingerprint density at radius 2 is 1.41 bits per heavy atom. The maximum Gasteiger partial charge on any atom is 0.326 e. The fraction of sp³-hybridized carbons (Fsp3) is 0.208. The van der Waals surface area contributed by atoms with Crippen LogP contribution in [0, 0.1) is 0 Å². The van der Waals surface area contributed by atoms with E-state index in [2.05, 4.69) is 17.4 Å². The normalized spacial score (nSPS) is 24.1. The Kier molecular flexibility index (Phi) is 4.24. The number of esters is 1. The van der Waals surface area contributed by atoms with Crippen LogP contribution in [-0.2, 0) is 15.1 Å². The van der Waals surface area contributed by atoms with Gasteiger partial charge >= 0.3 is 5.97 Å². The molecular weight excluding hydrogens is 366 g/mol. The number of aliphatic hydroxyl groups excluding tert-OH is 2. The van der Waals surface area contributed by atoms with E-state index in [1.165, 1.54) is 0 Å². The minimum Gasteiger partial charge on any atom is -0.456 e. The molecule has 3 aromatic rings. The molecule has 3 N–H and O–H groups in total. The van der Waals surface area contributed by atoms with Gasteiger partial charge in [0.1, 0.15) is 12.1 Å². The molecule has 5 heteroatoms. The van der Waals surface area contributed by atoms with Gasteiger partial charge in [-0.2, -0.15) is 0 Å². The van der Waals surface area contributed by atoms with Crippen LogP contribution >= 0.6 is 0 Å². The lowest BCUT2D eigenvalue weighted by Crippen LogP contribution is -2.54. The number of nitrogens with one attached hydrogen (secondary N) is 1. The molecule has 0 aromatic heterocycles. The van der Waals surface area contributed by atoms with Crippen molar-refractivity contribution in [2.24, 2.45) is 0 Å². The van der Waals surface area contributed by atoms with Crippen LogP contribution in [0.3, 0.4) is 0 Å². The first kappa shape index (κ1) is 18.1. The Bertz CT molecular complexity index is 1020. The summed E-state index contributed by atoms with van der Waals surface area (Å²) in [6.45, 7) is -0.420. The summed E-state index contributed by atoms with van der Waals surface area (Å²) in [6, 6.07) is 25.1. The van der Waals surface area contributed by atoms with Crippen LogP contribution in [0.4, 0.5) is 0 Å². The topological polar surface area (TPSA) is 78.8 Å². The molecule has 5 rings (SSSR count). The lowest BCUT2D eigenvalue weighted by molar-refractivity contribution is -0.144. The fourth-order valence-corrected chi connectivity index (χ4v) is 4.64. The monoisotopic (exact) mass is 387 g/mol. The molecule has 1 aliphatic heterocycles. The molecule has 1 saturated heterocycles. The number of ether oxygens (including phenoxy) is 1. The molecule has 2 aliphatic rings. The van der Waals surface area contributed by atoms with Gasteiger partial charge in [0.2, 0.25) is 0 Å². The van der Waals surface area contributed by atoms with Gasteiger partial charge in [-0.05, 0) is 27.8 Å². The van der Waals surface area contributed by atoms with Gasteiger partial charge in [-0.1, -0.05) is 78.9 Å². The quantitative estimate of drug-likeness (QED) is 0.598. The van der Waals surface area contributed by atoms with E-state index in [1.807, 2.05) is 66.7 Å². The van der Waals surface area contributed by atoms with Crippen molar-refractivity contribution in [3.63, 3.8) is 0 Å². The molecular formula is C24H21NO4. The van der Waals surface area contributed by atoms with E-state index >= 15 is 0 Å². The molecule has 0 radical (unpaired) electrons. The van der Waals surface area contributed by atoms with Crippen molar-refractivity contribution in [1.82, 2.24) is 5.32 Å². The van der Waals surface area contributed by atoms with Crippen molar-refractivity contribution >= 4 is 5.97 Å². The fourth-order valence-electron chi connectivity index (χ4n) is 4.64. The Labute approximate surface area is 168 Å². The molecule has 1 fully saturated rings. The summed E-state index contributed by atoms with van der Waals surface area (Å²) in [5.74, 6) is -0.561.